The zero-order valence-electron chi connectivity index (χ0n) is 7.01. The Morgan fingerprint density at radius 1 is 1.73 bits per heavy atom. The Morgan fingerprint density at radius 3 is 2.82 bits per heavy atom. The SMILES string of the molecule is CCSN/C(C)=C\C(=O)OC. The number of ether oxygens (including phenoxy) is 1. The van der Waals surface area contributed by atoms with Gasteiger partial charge in [0.25, 0.3) is 0 Å². The molecule has 11 heavy (non-hydrogen) atoms. The highest BCUT2D eigenvalue weighted by Crippen LogP contribution is 1.97. The van der Waals surface area contributed by atoms with Crippen molar-refractivity contribution in [2.75, 3.05) is 12.9 Å². The first-order valence-corrected chi connectivity index (χ1v) is 4.33. The number of allylic oxidation sites excluding steroid dienone is 1. The Kier molecular flexibility index (Phi) is 5.74. The first-order valence-electron chi connectivity index (χ1n) is 3.34. The lowest BCUT2D eigenvalue weighted by molar-refractivity contribution is -0.134. The Hall–Kier alpha value is -0.640. The predicted molar refractivity (Wildman–Crippen MR) is 47.0 cm³/mol. The highest BCUT2D eigenvalue weighted by Gasteiger charge is 1.94. The van der Waals surface area contributed by atoms with E-state index in [9.17, 15) is 4.79 Å². The maximum atomic E-state index is 10.6. The van der Waals surface area contributed by atoms with Gasteiger partial charge >= 0.3 is 5.97 Å². The Balaban J connectivity index is 3.70. The van der Waals surface area contributed by atoms with E-state index < -0.39 is 0 Å². The minimum absolute atomic E-state index is 0.327. The van der Waals surface area contributed by atoms with Crippen LogP contribution < -0.4 is 4.72 Å². The van der Waals surface area contributed by atoms with Gasteiger partial charge in [-0.2, -0.15) is 0 Å². The molecule has 0 heterocycles. The summed E-state index contributed by atoms with van der Waals surface area (Å²) in [5, 5.41) is 0. The van der Waals surface area contributed by atoms with Crippen LogP contribution in [0.4, 0.5) is 0 Å². The molecule has 0 aromatic carbocycles. The van der Waals surface area contributed by atoms with Crippen molar-refractivity contribution in [3.63, 3.8) is 0 Å². The molecule has 0 saturated carbocycles. The molecule has 0 amide bonds. The summed E-state index contributed by atoms with van der Waals surface area (Å²) < 4.78 is 7.41. The fraction of sp³-hybridized carbons (Fsp3) is 0.571. The molecule has 0 rings (SSSR count). The lowest BCUT2D eigenvalue weighted by atomic mass is 10.4. The van der Waals surface area contributed by atoms with E-state index in [1.54, 1.807) is 11.9 Å². The smallest absolute Gasteiger partial charge is 0.332 e. The Labute approximate surface area is 71.3 Å². The molecule has 0 spiro atoms. The fourth-order valence-electron chi connectivity index (χ4n) is 0.451. The summed E-state index contributed by atoms with van der Waals surface area (Å²) in [6.45, 7) is 3.85. The first-order chi connectivity index (χ1) is 5.20. The summed E-state index contributed by atoms with van der Waals surface area (Å²) in [5.41, 5.74) is 0.809. The molecule has 0 aliphatic carbocycles. The summed E-state index contributed by atoms with van der Waals surface area (Å²) >= 11 is 1.54. The minimum atomic E-state index is -0.327. The first kappa shape index (κ1) is 10.4. The van der Waals surface area contributed by atoms with Gasteiger partial charge in [-0.25, -0.2) is 4.79 Å². The highest BCUT2D eigenvalue weighted by molar-refractivity contribution is 7.97. The van der Waals surface area contributed by atoms with Gasteiger partial charge in [-0.3, -0.25) is 0 Å². The van der Waals surface area contributed by atoms with Crippen LogP contribution in [0, 0.1) is 0 Å². The van der Waals surface area contributed by atoms with Gasteiger partial charge in [0.1, 0.15) is 0 Å². The van der Waals surface area contributed by atoms with Crippen molar-refractivity contribution >= 4 is 17.9 Å². The number of hydrogen-bond acceptors (Lipinski definition) is 4. The molecule has 0 aliphatic rings. The van der Waals surface area contributed by atoms with Crippen LogP contribution >= 0.6 is 11.9 Å². The van der Waals surface area contributed by atoms with Crippen LogP contribution in [0.3, 0.4) is 0 Å². The van der Waals surface area contributed by atoms with Crippen LogP contribution in [0.1, 0.15) is 13.8 Å². The van der Waals surface area contributed by atoms with Gasteiger partial charge in [0.15, 0.2) is 0 Å². The van der Waals surface area contributed by atoms with Crippen molar-refractivity contribution in [2.45, 2.75) is 13.8 Å². The van der Waals surface area contributed by atoms with Crippen LogP contribution in [0.5, 0.6) is 0 Å². The average Bonchev–Trinajstić information content (AvgIpc) is 2.00. The second kappa shape index (κ2) is 6.09. The summed E-state index contributed by atoms with van der Waals surface area (Å²) in [4.78, 5) is 10.6. The fourth-order valence-corrected chi connectivity index (χ4v) is 0.882. The third-order valence-electron chi connectivity index (χ3n) is 0.913. The van der Waals surface area contributed by atoms with Crippen LogP contribution in [-0.4, -0.2) is 18.8 Å². The lowest BCUT2D eigenvalue weighted by Crippen LogP contribution is -2.04. The van der Waals surface area contributed by atoms with Crippen molar-refractivity contribution in [2.24, 2.45) is 0 Å². The Bertz CT molecular complexity index is 157. The van der Waals surface area contributed by atoms with Gasteiger partial charge in [0, 0.05) is 17.5 Å². The number of hydrogen-bond donors (Lipinski definition) is 1. The van der Waals surface area contributed by atoms with Gasteiger partial charge < -0.3 is 9.46 Å². The largest absolute Gasteiger partial charge is 0.466 e. The average molecular weight is 175 g/mol. The highest BCUT2D eigenvalue weighted by atomic mass is 32.2. The third-order valence-corrected chi connectivity index (χ3v) is 1.67. The topological polar surface area (TPSA) is 38.3 Å². The van der Waals surface area contributed by atoms with Crippen molar-refractivity contribution in [3.8, 4) is 0 Å². The summed E-state index contributed by atoms with van der Waals surface area (Å²) in [5.74, 6) is 0.638. The van der Waals surface area contributed by atoms with Crippen LogP contribution in [-0.2, 0) is 9.53 Å². The number of carbonyl (C=O) groups excluding carboxylic acids is 1. The zero-order chi connectivity index (χ0) is 8.69. The quantitative estimate of drug-likeness (QED) is 0.397. The van der Waals surface area contributed by atoms with Crippen molar-refractivity contribution in [1.29, 1.82) is 0 Å². The molecule has 3 nitrogen and oxygen atoms in total. The van der Waals surface area contributed by atoms with Crippen LogP contribution in [0.2, 0.25) is 0 Å². The molecule has 0 aromatic rings. The van der Waals surface area contributed by atoms with Crippen LogP contribution in [0.15, 0.2) is 11.8 Å². The summed E-state index contributed by atoms with van der Waals surface area (Å²) in [7, 11) is 1.36. The molecule has 0 unspecified atom stereocenters. The van der Waals surface area contributed by atoms with Gasteiger partial charge in [0.05, 0.1) is 7.11 Å². The second-order valence-corrected chi connectivity index (χ2v) is 2.96. The second-order valence-electron chi connectivity index (χ2n) is 1.89. The number of esters is 1. The third kappa shape index (κ3) is 5.79. The molecule has 4 heteroatoms. The molecule has 64 valence electrons. The monoisotopic (exact) mass is 175 g/mol. The summed E-state index contributed by atoms with van der Waals surface area (Å²) in [6, 6.07) is 0. The normalized spacial score (nSPS) is 11.0. The molecule has 0 fully saturated rings. The maximum absolute atomic E-state index is 10.6. The van der Waals surface area contributed by atoms with Crippen molar-refractivity contribution < 1.29 is 9.53 Å². The molecule has 0 aliphatic heterocycles. The molecule has 0 atom stereocenters. The standard InChI is InChI=1S/C7H13NO2S/c1-4-11-8-6(2)5-7(9)10-3/h5,8H,4H2,1-3H3/b6-5-. The van der Waals surface area contributed by atoms with E-state index in [0.29, 0.717) is 0 Å². The lowest BCUT2D eigenvalue weighted by Gasteiger charge is -2.01. The van der Waals surface area contributed by atoms with Gasteiger partial charge in [0.2, 0.25) is 0 Å². The maximum Gasteiger partial charge on any atom is 0.332 e. The van der Waals surface area contributed by atoms with Gasteiger partial charge in [-0.1, -0.05) is 18.9 Å². The molecule has 0 radical (unpaired) electrons. The van der Waals surface area contributed by atoms with Crippen molar-refractivity contribution in [1.82, 2.24) is 4.72 Å². The molecule has 0 bridgehead atoms. The molecule has 0 saturated heterocycles. The van der Waals surface area contributed by atoms with E-state index in [-0.39, 0.29) is 5.97 Å². The van der Waals surface area contributed by atoms with Gasteiger partial charge in [-0.15, -0.1) is 0 Å². The van der Waals surface area contributed by atoms with E-state index in [0.717, 1.165) is 11.4 Å². The number of nitrogens with one attached hydrogen (secondary N) is 1. The van der Waals surface area contributed by atoms with E-state index in [1.807, 2.05) is 13.8 Å². The van der Waals surface area contributed by atoms with E-state index >= 15 is 0 Å². The van der Waals surface area contributed by atoms with Crippen LogP contribution in [0.25, 0.3) is 0 Å². The number of carbonyl (C=O) groups is 1. The molecule has 1 N–H and O–H groups in total. The van der Waals surface area contributed by atoms with Crippen molar-refractivity contribution in [3.05, 3.63) is 11.8 Å². The minimum Gasteiger partial charge on any atom is -0.466 e. The molecular formula is C7H13NO2S. The molecule has 0 aromatic heterocycles. The predicted octanol–water partition coefficient (Wildman–Crippen LogP) is 1.32. The number of methoxy groups -OCH3 is 1. The van der Waals surface area contributed by atoms with E-state index in [1.165, 1.54) is 13.2 Å². The number of rotatable bonds is 4. The Morgan fingerprint density at radius 2 is 2.36 bits per heavy atom. The molecular weight excluding hydrogens is 162 g/mol. The van der Waals surface area contributed by atoms with Gasteiger partial charge in [-0.05, 0) is 6.92 Å². The van der Waals surface area contributed by atoms with E-state index in [4.69, 9.17) is 0 Å². The zero-order valence-corrected chi connectivity index (χ0v) is 7.83. The summed E-state index contributed by atoms with van der Waals surface area (Å²) in [6.07, 6.45) is 1.42. The van der Waals surface area contributed by atoms with E-state index in [2.05, 4.69) is 9.46 Å².